The van der Waals surface area contributed by atoms with Crippen molar-refractivity contribution >= 4 is 23.7 Å². The lowest BCUT2D eigenvalue weighted by Gasteiger charge is -2.35. The summed E-state index contributed by atoms with van der Waals surface area (Å²) < 4.78 is 10.1. The van der Waals surface area contributed by atoms with E-state index in [4.69, 9.17) is 9.47 Å². The van der Waals surface area contributed by atoms with Crippen LogP contribution in [0.4, 0.5) is 10.5 Å². The van der Waals surface area contributed by atoms with Crippen molar-refractivity contribution in [1.29, 1.82) is 0 Å². The van der Waals surface area contributed by atoms with E-state index < -0.39 is 35.5 Å². The van der Waals surface area contributed by atoms with Gasteiger partial charge in [0.05, 0.1) is 26.2 Å². The quantitative estimate of drug-likeness (QED) is 0.708. The summed E-state index contributed by atoms with van der Waals surface area (Å²) in [5, 5.41) is 12.8. The summed E-state index contributed by atoms with van der Waals surface area (Å²) in [4.78, 5) is 39.5. The number of amides is 2. The number of urea groups is 1. The maximum absolute atomic E-state index is 13.4. The number of methoxy groups -OCH3 is 2. The Morgan fingerprint density at radius 1 is 1.06 bits per heavy atom. The zero-order valence-corrected chi connectivity index (χ0v) is 17.9. The van der Waals surface area contributed by atoms with Crippen LogP contribution in [0.5, 0.6) is 5.75 Å². The Bertz CT molecular complexity index is 973. The summed E-state index contributed by atoms with van der Waals surface area (Å²) in [5.41, 5.74) is 0.549. The Hall–Kier alpha value is -3.55. The first-order chi connectivity index (χ1) is 14.7. The molecule has 0 radical (unpaired) electrons. The van der Waals surface area contributed by atoms with Crippen LogP contribution in [0, 0.1) is 12.8 Å². The van der Waals surface area contributed by atoms with Crippen LogP contribution in [-0.2, 0) is 14.3 Å². The Labute approximate surface area is 180 Å². The third-order valence-corrected chi connectivity index (χ3v) is 5.75. The van der Waals surface area contributed by atoms with Crippen LogP contribution < -0.4 is 10.1 Å². The number of likely N-dealkylation sites (tertiary alicyclic amines) is 1. The molecule has 8 nitrogen and oxygen atoms in total. The molecule has 3 unspecified atom stereocenters. The molecule has 1 saturated heterocycles. The number of aryl methyl sites for hydroxylation is 1. The molecule has 8 heteroatoms. The van der Waals surface area contributed by atoms with Gasteiger partial charge in [-0.25, -0.2) is 9.59 Å². The van der Waals surface area contributed by atoms with Gasteiger partial charge in [0.25, 0.3) is 0 Å². The number of benzene rings is 2. The molecule has 1 aliphatic heterocycles. The average Bonchev–Trinajstić information content (AvgIpc) is 3.09. The van der Waals surface area contributed by atoms with Gasteiger partial charge in [0.1, 0.15) is 11.3 Å². The van der Waals surface area contributed by atoms with Gasteiger partial charge < -0.3 is 24.8 Å². The maximum Gasteiger partial charge on any atom is 0.329 e. The number of carbonyl (C=O) groups is 3. The Morgan fingerprint density at radius 3 is 2.19 bits per heavy atom. The molecule has 1 heterocycles. The molecule has 1 aliphatic rings. The van der Waals surface area contributed by atoms with E-state index >= 15 is 0 Å². The Kier molecular flexibility index (Phi) is 6.19. The highest BCUT2D eigenvalue weighted by atomic mass is 16.5. The Morgan fingerprint density at radius 2 is 1.68 bits per heavy atom. The fourth-order valence-electron chi connectivity index (χ4n) is 4.03. The van der Waals surface area contributed by atoms with Gasteiger partial charge in [-0.15, -0.1) is 0 Å². The van der Waals surface area contributed by atoms with Crippen molar-refractivity contribution in [3.8, 4) is 5.75 Å². The number of carbonyl (C=O) groups excluding carboxylic acids is 2. The molecule has 0 spiro atoms. The summed E-state index contributed by atoms with van der Waals surface area (Å²) in [6, 6.07) is 12.6. The largest absolute Gasteiger partial charge is 0.497 e. The van der Waals surface area contributed by atoms with Crippen molar-refractivity contribution in [3.63, 3.8) is 0 Å². The van der Waals surface area contributed by atoms with Crippen LogP contribution in [0.15, 0.2) is 48.5 Å². The van der Waals surface area contributed by atoms with Gasteiger partial charge in [-0.3, -0.25) is 4.79 Å². The van der Waals surface area contributed by atoms with Crippen LogP contribution >= 0.6 is 0 Å². The standard InChI is InChI=1S/C23H26N2O6/c1-14-5-9-16(10-6-14)24-22(29)25-19(15-7-11-17(30-3)12-8-15)18(20(26)31-4)13-23(25,2)21(27)28/h5-12,18-19H,13H2,1-4H3,(H,24,29)(H,27,28). The van der Waals surface area contributed by atoms with Gasteiger partial charge in [-0.2, -0.15) is 0 Å². The molecule has 164 valence electrons. The van der Waals surface area contributed by atoms with Gasteiger partial charge in [0.15, 0.2) is 0 Å². The summed E-state index contributed by atoms with van der Waals surface area (Å²) in [5.74, 6) is -2.01. The number of nitrogens with zero attached hydrogens (tertiary/aromatic N) is 1. The second-order valence-electron chi connectivity index (χ2n) is 7.80. The van der Waals surface area contributed by atoms with E-state index in [0.29, 0.717) is 17.0 Å². The van der Waals surface area contributed by atoms with Crippen molar-refractivity contribution in [2.24, 2.45) is 5.92 Å². The smallest absolute Gasteiger partial charge is 0.329 e. The van der Waals surface area contributed by atoms with Crippen molar-refractivity contribution in [1.82, 2.24) is 4.90 Å². The molecule has 0 saturated carbocycles. The number of nitrogens with one attached hydrogen (secondary N) is 1. The van der Waals surface area contributed by atoms with Gasteiger partial charge >= 0.3 is 18.0 Å². The Balaban J connectivity index is 2.07. The fraction of sp³-hybridized carbons (Fsp3) is 0.348. The lowest BCUT2D eigenvalue weighted by Crippen LogP contribution is -2.53. The molecular formula is C23H26N2O6. The van der Waals surface area contributed by atoms with Crippen LogP contribution in [0.3, 0.4) is 0 Å². The molecule has 0 aromatic heterocycles. The van der Waals surface area contributed by atoms with Crippen LogP contribution in [0.2, 0.25) is 0 Å². The SMILES string of the molecule is COC(=O)C1CC(C)(C(=O)O)N(C(=O)Nc2ccc(C)cc2)C1c1ccc(OC)cc1. The summed E-state index contributed by atoms with van der Waals surface area (Å²) in [6.45, 7) is 3.37. The minimum atomic E-state index is -1.61. The van der Waals surface area contributed by atoms with Crippen LogP contribution in [0.25, 0.3) is 0 Å². The van der Waals surface area contributed by atoms with E-state index in [1.54, 1.807) is 36.4 Å². The van der Waals surface area contributed by atoms with Crippen molar-refractivity contribution < 1.29 is 29.0 Å². The molecule has 2 amide bonds. The molecule has 3 atom stereocenters. The molecule has 1 fully saturated rings. The van der Waals surface area contributed by atoms with E-state index in [0.717, 1.165) is 5.56 Å². The summed E-state index contributed by atoms with van der Waals surface area (Å²) >= 11 is 0. The third-order valence-electron chi connectivity index (χ3n) is 5.75. The highest BCUT2D eigenvalue weighted by molar-refractivity contribution is 5.96. The second-order valence-corrected chi connectivity index (χ2v) is 7.80. The van der Waals surface area contributed by atoms with E-state index in [2.05, 4.69) is 5.32 Å². The number of rotatable bonds is 5. The predicted octanol–water partition coefficient (Wildman–Crippen LogP) is 3.62. The van der Waals surface area contributed by atoms with Crippen LogP contribution in [-0.4, -0.2) is 47.7 Å². The number of hydrogen-bond acceptors (Lipinski definition) is 5. The number of aliphatic carboxylic acids is 1. The number of anilines is 1. The first-order valence-corrected chi connectivity index (χ1v) is 9.83. The van der Waals surface area contributed by atoms with E-state index in [9.17, 15) is 19.5 Å². The monoisotopic (exact) mass is 426 g/mol. The van der Waals surface area contributed by atoms with Gasteiger partial charge in [0, 0.05) is 5.69 Å². The topological polar surface area (TPSA) is 105 Å². The van der Waals surface area contributed by atoms with Crippen molar-refractivity contribution in [2.45, 2.75) is 31.8 Å². The van der Waals surface area contributed by atoms with E-state index in [1.165, 1.54) is 26.0 Å². The maximum atomic E-state index is 13.4. The first-order valence-electron chi connectivity index (χ1n) is 9.83. The fourth-order valence-corrected chi connectivity index (χ4v) is 4.03. The highest BCUT2D eigenvalue weighted by Gasteiger charge is 2.58. The predicted molar refractivity (Wildman–Crippen MR) is 114 cm³/mol. The number of carboxylic acids is 1. The van der Waals surface area contributed by atoms with Gasteiger partial charge in [0.2, 0.25) is 0 Å². The zero-order valence-electron chi connectivity index (χ0n) is 17.9. The molecule has 2 aromatic rings. The molecule has 3 rings (SSSR count). The first kappa shape index (κ1) is 22.1. The summed E-state index contributed by atoms with van der Waals surface area (Å²) in [6.07, 6.45) is -0.0764. The molecule has 0 aliphatic carbocycles. The molecular weight excluding hydrogens is 400 g/mol. The summed E-state index contributed by atoms with van der Waals surface area (Å²) in [7, 11) is 2.78. The highest BCUT2D eigenvalue weighted by Crippen LogP contribution is 2.48. The van der Waals surface area contributed by atoms with Gasteiger partial charge in [-0.1, -0.05) is 29.8 Å². The number of esters is 1. The van der Waals surface area contributed by atoms with Gasteiger partial charge in [-0.05, 0) is 50.1 Å². The number of ether oxygens (including phenoxy) is 2. The van der Waals surface area contributed by atoms with Crippen molar-refractivity contribution in [3.05, 3.63) is 59.7 Å². The molecule has 31 heavy (non-hydrogen) atoms. The molecule has 2 aromatic carbocycles. The minimum absolute atomic E-state index is 0.0764. The van der Waals surface area contributed by atoms with E-state index in [1.807, 2.05) is 19.1 Å². The number of hydrogen-bond donors (Lipinski definition) is 2. The lowest BCUT2D eigenvalue weighted by molar-refractivity contribution is -0.147. The minimum Gasteiger partial charge on any atom is -0.497 e. The van der Waals surface area contributed by atoms with Crippen LogP contribution in [0.1, 0.15) is 30.5 Å². The normalized spacial score (nSPS) is 22.6. The average molecular weight is 426 g/mol. The van der Waals surface area contributed by atoms with E-state index in [-0.39, 0.29) is 6.42 Å². The second kappa shape index (κ2) is 8.67. The zero-order chi connectivity index (χ0) is 22.8. The molecule has 0 bridgehead atoms. The molecule has 2 N–H and O–H groups in total. The third kappa shape index (κ3) is 4.19. The van der Waals surface area contributed by atoms with Crippen molar-refractivity contribution in [2.75, 3.05) is 19.5 Å². The lowest BCUT2D eigenvalue weighted by atomic mass is 9.90. The number of carboxylic acid groups (broad SMARTS) is 1.